The lowest BCUT2D eigenvalue weighted by atomic mass is 10.2. The highest BCUT2D eigenvalue weighted by atomic mass is 35.5. The third-order valence-electron chi connectivity index (χ3n) is 4.02. The number of benzene rings is 2. The van der Waals surface area contributed by atoms with Crippen molar-refractivity contribution >= 4 is 23.4 Å². The predicted octanol–water partition coefficient (Wildman–Crippen LogP) is 4.41. The van der Waals surface area contributed by atoms with Crippen molar-refractivity contribution in [3.05, 3.63) is 71.4 Å². The third-order valence-corrected chi connectivity index (χ3v) is 5.14. The van der Waals surface area contributed by atoms with E-state index in [9.17, 15) is 0 Å². The molecular formula is C20H13ClN6OS. The fraction of sp³-hybridized carbons (Fsp3) is 0.0500. The normalized spacial score (nSPS) is 10.5. The molecule has 0 radical (unpaired) electrons. The summed E-state index contributed by atoms with van der Waals surface area (Å²) in [4.78, 5) is 0. The van der Waals surface area contributed by atoms with Crippen LogP contribution in [0, 0.1) is 11.3 Å². The largest absolute Gasteiger partial charge is 0.496 e. The molecule has 0 unspecified atom stereocenters. The summed E-state index contributed by atoms with van der Waals surface area (Å²) in [5.74, 6) is 1.30. The number of methoxy groups -OCH3 is 1. The van der Waals surface area contributed by atoms with E-state index in [-0.39, 0.29) is 5.69 Å². The van der Waals surface area contributed by atoms with E-state index in [4.69, 9.17) is 21.6 Å². The van der Waals surface area contributed by atoms with Gasteiger partial charge in [0.1, 0.15) is 16.8 Å². The lowest BCUT2D eigenvalue weighted by Crippen LogP contribution is -2.01. The second-order valence-corrected chi connectivity index (χ2v) is 7.21. The molecule has 0 aliphatic heterocycles. The summed E-state index contributed by atoms with van der Waals surface area (Å²) < 4.78 is 7.40. The average Bonchev–Trinajstić information content (AvgIpc) is 3.18. The molecule has 2 heterocycles. The van der Waals surface area contributed by atoms with Crippen LogP contribution in [0.2, 0.25) is 5.02 Å². The van der Waals surface area contributed by atoms with Gasteiger partial charge < -0.3 is 4.74 Å². The minimum atomic E-state index is 0.253. The molecule has 0 spiro atoms. The van der Waals surface area contributed by atoms with Crippen molar-refractivity contribution in [3.63, 3.8) is 0 Å². The standard InChI is InChI=1S/C20H13ClN6OS/c1-28-17-5-3-2-4-16(17)19-25-26-20(27(19)15-9-6-13(21)7-10-15)29-18-11-8-14(12-22)23-24-18/h2-11H,1H3. The molecule has 0 saturated carbocycles. The third kappa shape index (κ3) is 3.92. The molecule has 0 amide bonds. The first-order chi connectivity index (χ1) is 14.2. The van der Waals surface area contributed by atoms with Crippen molar-refractivity contribution < 1.29 is 4.74 Å². The molecule has 0 bridgehead atoms. The van der Waals surface area contributed by atoms with Crippen molar-refractivity contribution in [2.45, 2.75) is 10.2 Å². The highest BCUT2D eigenvalue weighted by molar-refractivity contribution is 7.99. The van der Waals surface area contributed by atoms with Crippen LogP contribution in [0.25, 0.3) is 17.1 Å². The molecule has 7 nitrogen and oxygen atoms in total. The van der Waals surface area contributed by atoms with Crippen molar-refractivity contribution in [1.29, 1.82) is 5.26 Å². The highest BCUT2D eigenvalue weighted by Crippen LogP contribution is 2.35. The molecular weight excluding hydrogens is 408 g/mol. The van der Waals surface area contributed by atoms with Gasteiger partial charge in [0.05, 0.1) is 12.7 Å². The Morgan fingerprint density at radius 2 is 1.76 bits per heavy atom. The van der Waals surface area contributed by atoms with E-state index in [1.807, 2.05) is 47.0 Å². The zero-order valence-electron chi connectivity index (χ0n) is 15.2. The number of nitriles is 1. The second-order valence-electron chi connectivity index (χ2n) is 5.79. The Hall–Kier alpha value is -3.41. The maximum Gasteiger partial charge on any atom is 0.202 e. The predicted molar refractivity (Wildman–Crippen MR) is 109 cm³/mol. The fourth-order valence-electron chi connectivity index (χ4n) is 2.69. The summed E-state index contributed by atoms with van der Waals surface area (Å²) in [5, 5.41) is 27.4. The first-order valence-corrected chi connectivity index (χ1v) is 9.65. The Labute approximate surface area is 175 Å². The van der Waals surface area contributed by atoms with E-state index in [1.54, 1.807) is 31.4 Å². The van der Waals surface area contributed by atoms with Crippen LogP contribution in [0.15, 0.2) is 70.8 Å². The van der Waals surface area contributed by atoms with Gasteiger partial charge in [0.2, 0.25) is 5.16 Å². The fourth-order valence-corrected chi connectivity index (χ4v) is 3.59. The number of ether oxygens (including phenoxy) is 1. The smallest absolute Gasteiger partial charge is 0.202 e. The van der Waals surface area contributed by atoms with Gasteiger partial charge in [-0.05, 0) is 60.3 Å². The molecule has 0 fully saturated rings. The summed E-state index contributed by atoms with van der Waals surface area (Å²) in [6.07, 6.45) is 0. The summed E-state index contributed by atoms with van der Waals surface area (Å²) in [7, 11) is 1.61. The number of rotatable bonds is 5. The van der Waals surface area contributed by atoms with Crippen LogP contribution < -0.4 is 4.74 Å². The molecule has 4 aromatic rings. The Morgan fingerprint density at radius 1 is 0.966 bits per heavy atom. The van der Waals surface area contributed by atoms with Gasteiger partial charge in [-0.2, -0.15) is 5.26 Å². The Kier molecular flexibility index (Phi) is 5.42. The summed E-state index contributed by atoms with van der Waals surface area (Å²) in [6.45, 7) is 0. The molecule has 9 heteroatoms. The number of halogens is 1. The molecule has 0 aliphatic carbocycles. The quantitative estimate of drug-likeness (QED) is 0.472. The van der Waals surface area contributed by atoms with Crippen molar-refractivity contribution in [2.24, 2.45) is 0 Å². The van der Waals surface area contributed by atoms with Crippen LogP contribution in [-0.2, 0) is 0 Å². The molecule has 0 aliphatic rings. The number of hydrogen-bond acceptors (Lipinski definition) is 7. The number of nitrogens with zero attached hydrogens (tertiary/aromatic N) is 6. The van der Waals surface area contributed by atoms with Crippen molar-refractivity contribution in [1.82, 2.24) is 25.0 Å². The first kappa shape index (κ1) is 18.9. The zero-order valence-corrected chi connectivity index (χ0v) is 16.7. The Morgan fingerprint density at radius 3 is 2.45 bits per heavy atom. The van der Waals surface area contributed by atoms with Gasteiger partial charge >= 0.3 is 0 Å². The summed E-state index contributed by atoms with van der Waals surface area (Å²) >= 11 is 7.36. The summed E-state index contributed by atoms with van der Waals surface area (Å²) in [6, 6.07) is 20.3. The van der Waals surface area contributed by atoms with Crippen molar-refractivity contribution in [3.8, 4) is 28.9 Å². The van der Waals surface area contributed by atoms with E-state index >= 15 is 0 Å². The van der Waals surface area contributed by atoms with Crippen LogP contribution in [-0.4, -0.2) is 32.1 Å². The lowest BCUT2D eigenvalue weighted by molar-refractivity contribution is 0.416. The summed E-state index contributed by atoms with van der Waals surface area (Å²) in [5.41, 5.74) is 1.89. The molecule has 142 valence electrons. The van der Waals surface area contributed by atoms with Crippen LogP contribution in [0.5, 0.6) is 5.75 Å². The maximum atomic E-state index is 8.90. The SMILES string of the molecule is COc1ccccc1-c1nnc(Sc2ccc(C#N)nn2)n1-c1ccc(Cl)cc1. The van der Waals surface area contributed by atoms with Crippen LogP contribution in [0.4, 0.5) is 0 Å². The van der Waals surface area contributed by atoms with E-state index < -0.39 is 0 Å². The van der Waals surface area contributed by atoms with Gasteiger partial charge in [-0.15, -0.1) is 20.4 Å². The van der Waals surface area contributed by atoms with Crippen molar-refractivity contribution in [2.75, 3.05) is 7.11 Å². The number of aromatic nitrogens is 5. The second kappa shape index (κ2) is 8.31. The molecule has 0 N–H and O–H groups in total. The monoisotopic (exact) mass is 420 g/mol. The van der Waals surface area contributed by atoms with Gasteiger partial charge in [0.25, 0.3) is 0 Å². The van der Waals surface area contributed by atoms with Crippen LogP contribution in [0.1, 0.15) is 5.69 Å². The molecule has 0 atom stereocenters. The molecule has 0 saturated heterocycles. The molecule has 4 rings (SSSR count). The Bertz CT molecular complexity index is 1190. The number of hydrogen-bond donors (Lipinski definition) is 0. The molecule has 29 heavy (non-hydrogen) atoms. The zero-order chi connectivity index (χ0) is 20.2. The van der Waals surface area contributed by atoms with Gasteiger partial charge in [-0.3, -0.25) is 4.57 Å². The Balaban J connectivity index is 1.84. The van der Waals surface area contributed by atoms with E-state index in [0.29, 0.717) is 26.8 Å². The highest BCUT2D eigenvalue weighted by Gasteiger charge is 2.20. The molecule has 2 aromatic carbocycles. The lowest BCUT2D eigenvalue weighted by Gasteiger charge is -2.12. The minimum absolute atomic E-state index is 0.253. The molecule has 2 aromatic heterocycles. The average molecular weight is 421 g/mol. The van der Waals surface area contributed by atoms with Gasteiger partial charge in [0, 0.05) is 10.7 Å². The van der Waals surface area contributed by atoms with Crippen LogP contribution >= 0.6 is 23.4 Å². The maximum absolute atomic E-state index is 8.90. The van der Waals surface area contributed by atoms with E-state index in [2.05, 4.69) is 20.4 Å². The van der Waals surface area contributed by atoms with Gasteiger partial charge in [0.15, 0.2) is 11.5 Å². The van der Waals surface area contributed by atoms with E-state index in [1.165, 1.54) is 11.8 Å². The topological polar surface area (TPSA) is 89.5 Å². The minimum Gasteiger partial charge on any atom is -0.496 e. The van der Waals surface area contributed by atoms with Gasteiger partial charge in [-0.1, -0.05) is 23.7 Å². The number of para-hydroxylation sites is 1. The first-order valence-electron chi connectivity index (χ1n) is 8.46. The van der Waals surface area contributed by atoms with Gasteiger partial charge in [-0.25, -0.2) is 0 Å². The van der Waals surface area contributed by atoms with E-state index in [0.717, 1.165) is 11.3 Å². The van der Waals surface area contributed by atoms with Crippen LogP contribution in [0.3, 0.4) is 0 Å².